The van der Waals surface area contributed by atoms with Crippen LogP contribution in [0.25, 0.3) is 0 Å². The topological polar surface area (TPSA) is 110 Å². The number of nitro groups is 1. The summed E-state index contributed by atoms with van der Waals surface area (Å²) in [6.07, 6.45) is 2.20. The smallest absolute Gasteiger partial charge is 0.446 e. The van der Waals surface area contributed by atoms with Crippen molar-refractivity contribution in [1.82, 2.24) is 9.97 Å². The quantitative estimate of drug-likeness (QED) is 0.252. The van der Waals surface area contributed by atoms with Gasteiger partial charge in [-0.15, -0.1) is 0 Å². The van der Waals surface area contributed by atoms with E-state index in [0.29, 0.717) is 38.1 Å². The molecule has 1 aromatic carbocycles. The maximum absolute atomic E-state index is 12.5. The van der Waals surface area contributed by atoms with E-state index in [1.807, 2.05) is 0 Å². The van der Waals surface area contributed by atoms with Gasteiger partial charge in [-0.25, -0.2) is 9.97 Å². The minimum Gasteiger partial charge on any atom is -0.466 e. The maximum Gasteiger partial charge on any atom is 0.446 e. The molecule has 9 nitrogen and oxygen atoms in total. The minimum absolute atomic E-state index is 0.00580. The second-order valence-corrected chi connectivity index (χ2v) is 8.35. The van der Waals surface area contributed by atoms with E-state index in [1.54, 1.807) is 11.8 Å². The summed E-state index contributed by atoms with van der Waals surface area (Å²) in [6, 6.07) is 5.69. The number of alkyl halides is 3. The minimum atomic E-state index is -4.37. The lowest BCUT2D eigenvalue weighted by Gasteiger charge is -2.31. The van der Waals surface area contributed by atoms with E-state index in [0.717, 1.165) is 0 Å². The molecule has 0 aliphatic carbocycles. The zero-order valence-electron chi connectivity index (χ0n) is 17.7. The van der Waals surface area contributed by atoms with Gasteiger partial charge in [-0.1, -0.05) is 12.1 Å². The third-order valence-electron chi connectivity index (χ3n) is 5.02. The zero-order chi connectivity index (χ0) is 24.0. The summed E-state index contributed by atoms with van der Waals surface area (Å²) >= 11 is -0.212. The first kappa shape index (κ1) is 24.6. The fourth-order valence-electron chi connectivity index (χ4n) is 3.48. The second-order valence-electron chi connectivity index (χ2n) is 7.21. The van der Waals surface area contributed by atoms with Crippen LogP contribution in [0.2, 0.25) is 0 Å². The Balaban J connectivity index is 1.70. The van der Waals surface area contributed by atoms with Crippen molar-refractivity contribution in [3.63, 3.8) is 0 Å². The fourth-order valence-corrected chi connectivity index (χ4v) is 4.02. The van der Waals surface area contributed by atoms with Crippen LogP contribution in [0.1, 0.15) is 25.3 Å². The third-order valence-corrected chi connectivity index (χ3v) is 5.76. The first-order valence-corrected chi connectivity index (χ1v) is 11.0. The van der Waals surface area contributed by atoms with Crippen LogP contribution in [-0.2, 0) is 16.1 Å². The van der Waals surface area contributed by atoms with Crippen molar-refractivity contribution in [2.24, 2.45) is 5.92 Å². The summed E-state index contributed by atoms with van der Waals surface area (Å²) in [4.78, 5) is 33.0. The lowest BCUT2D eigenvalue weighted by atomic mass is 9.97. The molecule has 0 bridgehead atoms. The van der Waals surface area contributed by atoms with Gasteiger partial charge in [-0.05, 0) is 49.2 Å². The molecule has 0 spiro atoms. The number of carbonyl (C=O) groups is 1. The van der Waals surface area contributed by atoms with Crippen LogP contribution in [0.4, 0.5) is 30.5 Å². The normalized spacial score (nSPS) is 14.7. The molecule has 178 valence electrons. The van der Waals surface area contributed by atoms with Gasteiger partial charge in [0.2, 0.25) is 11.6 Å². The number of ether oxygens (including phenoxy) is 1. The summed E-state index contributed by atoms with van der Waals surface area (Å²) < 4.78 is 42.4. The van der Waals surface area contributed by atoms with Crippen LogP contribution >= 0.6 is 11.8 Å². The number of nitrogens with zero attached hydrogens (tertiary/aromatic N) is 4. The monoisotopic (exact) mass is 485 g/mol. The van der Waals surface area contributed by atoms with Gasteiger partial charge in [0.25, 0.3) is 0 Å². The molecule has 1 aliphatic heterocycles. The number of thioether (sulfide) groups is 1. The van der Waals surface area contributed by atoms with Crippen molar-refractivity contribution in [3.05, 3.63) is 46.3 Å². The standard InChI is InChI=1S/C20H22F3N5O4S/c1-2-32-19(29)14-7-9-27(10-8-14)18-16(28(30)31)17(25-12-26-18)24-11-13-3-5-15(6-4-13)33-20(21,22)23/h3-6,12,14H,2,7-11H2,1H3,(H,24,25,26). The number of rotatable bonds is 8. The number of piperidine rings is 1. The Hall–Kier alpha value is -3.09. The van der Waals surface area contributed by atoms with E-state index < -0.39 is 10.4 Å². The molecule has 33 heavy (non-hydrogen) atoms. The molecular weight excluding hydrogens is 463 g/mol. The largest absolute Gasteiger partial charge is 0.466 e. The average molecular weight is 485 g/mol. The SMILES string of the molecule is CCOC(=O)C1CCN(c2ncnc(NCc3ccc(SC(F)(F)F)cc3)c2[N+](=O)[O-])CC1. The van der Waals surface area contributed by atoms with Crippen molar-refractivity contribution in [3.8, 4) is 0 Å². The Labute approximate surface area is 191 Å². The van der Waals surface area contributed by atoms with E-state index in [9.17, 15) is 28.1 Å². The molecule has 0 atom stereocenters. The van der Waals surface area contributed by atoms with Gasteiger partial charge in [-0.2, -0.15) is 13.2 Å². The number of esters is 1. The van der Waals surface area contributed by atoms with E-state index in [1.165, 1.54) is 30.6 Å². The van der Waals surface area contributed by atoms with E-state index in [4.69, 9.17) is 4.74 Å². The molecule has 0 amide bonds. The Morgan fingerprint density at radius 2 is 1.94 bits per heavy atom. The predicted octanol–water partition coefficient (Wildman–Crippen LogP) is 4.39. The molecule has 2 heterocycles. The van der Waals surface area contributed by atoms with E-state index in [2.05, 4.69) is 15.3 Å². The number of nitrogens with one attached hydrogen (secondary N) is 1. The third kappa shape index (κ3) is 6.70. The molecule has 3 rings (SSSR count). The number of carbonyl (C=O) groups excluding carboxylic acids is 1. The van der Waals surface area contributed by atoms with Crippen molar-refractivity contribution in [1.29, 1.82) is 0 Å². The van der Waals surface area contributed by atoms with Gasteiger partial charge >= 0.3 is 17.2 Å². The van der Waals surface area contributed by atoms with Crippen molar-refractivity contribution >= 4 is 35.1 Å². The van der Waals surface area contributed by atoms with Gasteiger partial charge in [0.05, 0.1) is 17.4 Å². The molecular formula is C20H22F3N5O4S. The molecule has 0 saturated carbocycles. The first-order chi connectivity index (χ1) is 15.7. The van der Waals surface area contributed by atoms with Crippen LogP contribution < -0.4 is 10.2 Å². The Kier molecular flexibility index (Phi) is 7.95. The summed E-state index contributed by atoms with van der Waals surface area (Å²) in [5, 5.41) is 14.7. The van der Waals surface area contributed by atoms with Gasteiger partial charge in [-0.3, -0.25) is 14.9 Å². The van der Waals surface area contributed by atoms with E-state index in [-0.39, 0.29) is 52.4 Å². The van der Waals surface area contributed by atoms with Crippen LogP contribution in [0.15, 0.2) is 35.5 Å². The highest BCUT2D eigenvalue weighted by Gasteiger charge is 2.32. The van der Waals surface area contributed by atoms with Gasteiger partial charge in [0.15, 0.2) is 0 Å². The Morgan fingerprint density at radius 3 is 2.52 bits per heavy atom. The van der Waals surface area contributed by atoms with Crippen molar-refractivity contribution < 1.29 is 27.6 Å². The molecule has 0 radical (unpaired) electrons. The summed E-state index contributed by atoms with van der Waals surface area (Å²) in [5.41, 5.74) is -4.04. The molecule has 0 unspecified atom stereocenters. The lowest BCUT2D eigenvalue weighted by Crippen LogP contribution is -2.37. The highest BCUT2D eigenvalue weighted by Crippen LogP contribution is 2.37. The van der Waals surface area contributed by atoms with Crippen molar-refractivity contribution in [2.75, 3.05) is 29.9 Å². The lowest BCUT2D eigenvalue weighted by molar-refractivity contribution is -0.383. The number of hydrogen-bond acceptors (Lipinski definition) is 9. The molecule has 2 aromatic rings. The highest BCUT2D eigenvalue weighted by molar-refractivity contribution is 8.00. The number of hydrogen-bond donors (Lipinski definition) is 1. The van der Waals surface area contributed by atoms with Crippen LogP contribution in [0.3, 0.4) is 0 Å². The molecule has 1 fully saturated rings. The number of benzene rings is 1. The number of anilines is 2. The van der Waals surface area contributed by atoms with E-state index >= 15 is 0 Å². The van der Waals surface area contributed by atoms with Gasteiger partial charge in [0.1, 0.15) is 6.33 Å². The van der Waals surface area contributed by atoms with Crippen molar-refractivity contribution in [2.45, 2.75) is 36.7 Å². The summed E-state index contributed by atoms with van der Waals surface area (Å²) in [6.45, 7) is 2.97. The molecule has 1 N–H and O–H groups in total. The van der Waals surface area contributed by atoms with Gasteiger partial charge in [0, 0.05) is 24.5 Å². The molecule has 1 aliphatic rings. The maximum atomic E-state index is 12.5. The first-order valence-electron chi connectivity index (χ1n) is 10.2. The molecule has 1 aromatic heterocycles. The predicted molar refractivity (Wildman–Crippen MR) is 116 cm³/mol. The summed E-state index contributed by atoms with van der Waals surface area (Å²) in [7, 11) is 0. The summed E-state index contributed by atoms with van der Waals surface area (Å²) in [5.74, 6) is -0.363. The number of halogens is 3. The second kappa shape index (κ2) is 10.7. The fraction of sp³-hybridized carbons (Fsp3) is 0.450. The Morgan fingerprint density at radius 1 is 1.27 bits per heavy atom. The Bertz CT molecular complexity index is 983. The van der Waals surface area contributed by atoms with Gasteiger partial charge < -0.3 is 15.0 Å². The number of aromatic nitrogens is 2. The molecule has 1 saturated heterocycles. The molecule has 13 heteroatoms. The van der Waals surface area contributed by atoms with Crippen LogP contribution in [-0.4, -0.2) is 46.1 Å². The van der Waals surface area contributed by atoms with Crippen LogP contribution in [0, 0.1) is 16.0 Å². The average Bonchev–Trinajstić information content (AvgIpc) is 2.77. The zero-order valence-corrected chi connectivity index (χ0v) is 18.5. The van der Waals surface area contributed by atoms with Crippen LogP contribution in [0.5, 0.6) is 0 Å². The highest BCUT2D eigenvalue weighted by atomic mass is 32.2.